The number of nitrogens with zero attached hydrogens (tertiary/aromatic N) is 1. The molecule has 2 rings (SSSR count). The van der Waals surface area contributed by atoms with E-state index >= 15 is 0 Å². The number of anilines is 2. The highest BCUT2D eigenvalue weighted by Crippen LogP contribution is 2.20. The van der Waals surface area contributed by atoms with E-state index in [9.17, 15) is 14.0 Å². The number of hydrogen-bond donors (Lipinski definition) is 2. The summed E-state index contributed by atoms with van der Waals surface area (Å²) in [5, 5.41) is 5.49. The van der Waals surface area contributed by atoms with Crippen LogP contribution >= 0.6 is 0 Å². The minimum Gasteiger partial charge on any atom is -0.369 e. The fourth-order valence-electron chi connectivity index (χ4n) is 3.20. The summed E-state index contributed by atoms with van der Waals surface area (Å²) in [6.07, 6.45) is 0. The van der Waals surface area contributed by atoms with Crippen molar-refractivity contribution in [3.8, 4) is 0 Å². The molecule has 0 bridgehead atoms. The fraction of sp³-hybridized carbons (Fsp3) is 0.391. The standard InChI is InChI=1S/C23H30FN3O2/c1-6-27(16(4)5)18-13-11-17(12-14-18)25-23(29)21(15(2)3)26-22(28)19-9-7-8-10-20(19)24/h7-16,21H,6H2,1-5H3,(H,25,29)(H,26,28)/t21-/m0/s1. The van der Waals surface area contributed by atoms with Gasteiger partial charge in [0.05, 0.1) is 5.56 Å². The molecule has 0 aliphatic rings. The van der Waals surface area contributed by atoms with E-state index in [2.05, 4.69) is 36.3 Å². The van der Waals surface area contributed by atoms with Crippen molar-refractivity contribution in [2.75, 3.05) is 16.8 Å². The topological polar surface area (TPSA) is 61.4 Å². The van der Waals surface area contributed by atoms with E-state index in [0.717, 1.165) is 12.2 Å². The molecule has 2 aromatic rings. The minimum absolute atomic E-state index is 0.0800. The van der Waals surface area contributed by atoms with Gasteiger partial charge in [0.1, 0.15) is 11.9 Å². The highest BCUT2D eigenvalue weighted by molar-refractivity contribution is 6.01. The van der Waals surface area contributed by atoms with Gasteiger partial charge in [-0.15, -0.1) is 0 Å². The Morgan fingerprint density at radius 2 is 1.62 bits per heavy atom. The van der Waals surface area contributed by atoms with Gasteiger partial charge < -0.3 is 15.5 Å². The highest BCUT2D eigenvalue weighted by Gasteiger charge is 2.25. The van der Waals surface area contributed by atoms with Gasteiger partial charge in [-0.25, -0.2) is 4.39 Å². The normalized spacial score (nSPS) is 12.0. The van der Waals surface area contributed by atoms with E-state index < -0.39 is 17.8 Å². The number of benzene rings is 2. The maximum atomic E-state index is 13.9. The molecule has 0 aliphatic carbocycles. The Kier molecular flexibility index (Phi) is 7.76. The first kappa shape index (κ1) is 22.4. The molecule has 0 spiro atoms. The molecule has 0 saturated carbocycles. The third kappa shape index (κ3) is 5.79. The van der Waals surface area contributed by atoms with Gasteiger partial charge in [-0.05, 0) is 63.1 Å². The molecule has 0 heterocycles. The largest absolute Gasteiger partial charge is 0.369 e. The Morgan fingerprint density at radius 3 is 2.14 bits per heavy atom. The van der Waals surface area contributed by atoms with E-state index in [4.69, 9.17) is 0 Å². The highest BCUT2D eigenvalue weighted by atomic mass is 19.1. The lowest BCUT2D eigenvalue weighted by Gasteiger charge is -2.27. The molecule has 2 aromatic carbocycles. The fourth-order valence-corrected chi connectivity index (χ4v) is 3.20. The van der Waals surface area contributed by atoms with Crippen molar-refractivity contribution in [3.63, 3.8) is 0 Å². The lowest BCUT2D eigenvalue weighted by Crippen LogP contribution is -2.47. The van der Waals surface area contributed by atoms with Crippen LogP contribution in [-0.2, 0) is 4.79 Å². The third-order valence-electron chi connectivity index (χ3n) is 4.78. The lowest BCUT2D eigenvalue weighted by molar-refractivity contribution is -0.118. The zero-order valence-corrected chi connectivity index (χ0v) is 17.7. The summed E-state index contributed by atoms with van der Waals surface area (Å²) in [5.41, 5.74) is 1.64. The third-order valence-corrected chi connectivity index (χ3v) is 4.78. The van der Waals surface area contributed by atoms with Gasteiger partial charge in [-0.3, -0.25) is 9.59 Å². The van der Waals surface area contributed by atoms with Crippen molar-refractivity contribution in [1.82, 2.24) is 5.32 Å². The molecule has 0 aliphatic heterocycles. The van der Waals surface area contributed by atoms with Gasteiger partial charge in [-0.2, -0.15) is 0 Å². The average molecular weight is 400 g/mol. The first-order valence-electron chi connectivity index (χ1n) is 9.97. The Labute approximate surface area is 172 Å². The van der Waals surface area contributed by atoms with Gasteiger partial charge in [0.2, 0.25) is 5.91 Å². The molecular weight excluding hydrogens is 369 g/mol. The van der Waals surface area contributed by atoms with Crippen molar-refractivity contribution in [2.45, 2.75) is 46.7 Å². The summed E-state index contributed by atoms with van der Waals surface area (Å²) in [6, 6.07) is 12.9. The zero-order chi connectivity index (χ0) is 21.6. The van der Waals surface area contributed by atoms with E-state index in [1.807, 2.05) is 38.1 Å². The van der Waals surface area contributed by atoms with E-state index in [1.165, 1.54) is 18.2 Å². The molecule has 0 aromatic heterocycles. The van der Waals surface area contributed by atoms with Gasteiger partial charge in [0.15, 0.2) is 0 Å². The molecule has 5 nitrogen and oxygen atoms in total. The van der Waals surface area contributed by atoms with Gasteiger partial charge in [0.25, 0.3) is 5.91 Å². The number of nitrogens with one attached hydrogen (secondary N) is 2. The van der Waals surface area contributed by atoms with Gasteiger partial charge in [0, 0.05) is 24.0 Å². The summed E-state index contributed by atoms with van der Waals surface area (Å²) in [4.78, 5) is 27.4. The van der Waals surface area contributed by atoms with Crippen LogP contribution in [0, 0.1) is 11.7 Å². The van der Waals surface area contributed by atoms with E-state index in [1.54, 1.807) is 6.07 Å². The summed E-state index contributed by atoms with van der Waals surface area (Å²) >= 11 is 0. The molecule has 0 saturated heterocycles. The van der Waals surface area contributed by atoms with Crippen LogP contribution in [0.25, 0.3) is 0 Å². The van der Waals surface area contributed by atoms with Crippen LogP contribution in [0.15, 0.2) is 48.5 Å². The smallest absolute Gasteiger partial charge is 0.254 e. The molecule has 0 unspecified atom stereocenters. The van der Waals surface area contributed by atoms with Crippen LogP contribution in [0.3, 0.4) is 0 Å². The van der Waals surface area contributed by atoms with Gasteiger partial charge in [-0.1, -0.05) is 26.0 Å². The Bertz CT molecular complexity index is 834. The average Bonchev–Trinajstić information content (AvgIpc) is 2.67. The van der Waals surface area contributed by atoms with Crippen LogP contribution in [0.2, 0.25) is 0 Å². The molecule has 2 N–H and O–H groups in total. The predicted octanol–water partition coefficient (Wildman–Crippen LogP) is 4.45. The second-order valence-electron chi connectivity index (χ2n) is 7.59. The summed E-state index contributed by atoms with van der Waals surface area (Å²) in [5.74, 6) is -1.73. The van der Waals surface area contributed by atoms with Gasteiger partial charge >= 0.3 is 0 Å². The van der Waals surface area contributed by atoms with Crippen molar-refractivity contribution in [2.24, 2.45) is 5.92 Å². The van der Waals surface area contributed by atoms with E-state index in [-0.39, 0.29) is 17.4 Å². The first-order chi connectivity index (χ1) is 13.7. The van der Waals surface area contributed by atoms with Crippen molar-refractivity contribution < 1.29 is 14.0 Å². The molecular formula is C23H30FN3O2. The quantitative estimate of drug-likeness (QED) is 0.689. The van der Waals surface area contributed by atoms with Crippen molar-refractivity contribution in [1.29, 1.82) is 0 Å². The number of halogens is 1. The first-order valence-corrected chi connectivity index (χ1v) is 9.97. The van der Waals surface area contributed by atoms with Crippen molar-refractivity contribution in [3.05, 3.63) is 59.9 Å². The molecule has 156 valence electrons. The monoisotopic (exact) mass is 399 g/mol. The Morgan fingerprint density at radius 1 is 1.00 bits per heavy atom. The lowest BCUT2D eigenvalue weighted by atomic mass is 10.0. The molecule has 6 heteroatoms. The Balaban J connectivity index is 2.10. The Hall–Kier alpha value is -2.89. The summed E-state index contributed by atoms with van der Waals surface area (Å²) in [6.45, 7) is 10.9. The molecule has 2 amide bonds. The number of hydrogen-bond acceptors (Lipinski definition) is 3. The predicted molar refractivity (Wildman–Crippen MR) is 116 cm³/mol. The number of carbonyl (C=O) groups is 2. The second kappa shape index (κ2) is 10.0. The molecule has 0 radical (unpaired) electrons. The number of rotatable bonds is 8. The summed E-state index contributed by atoms with van der Waals surface area (Å²) < 4.78 is 13.9. The van der Waals surface area contributed by atoms with Crippen LogP contribution in [-0.4, -0.2) is 30.4 Å². The van der Waals surface area contributed by atoms with Crippen LogP contribution in [0.4, 0.5) is 15.8 Å². The maximum absolute atomic E-state index is 13.9. The van der Waals surface area contributed by atoms with Crippen LogP contribution in [0.5, 0.6) is 0 Å². The van der Waals surface area contributed by atoms with E-state index in [0.29, 0.717) is 11.7 Å². The number of amides is 2. The molecule has 1 atom stereocenters. The molecule has 29 heavy (non-hydrogen) atoms. The second-order valence-corrected chi connectivity index (χ2v) is 7.59. The maximum Gasteiger partial charge on any atom is 0.254 e. The molecule has 0 fully saturated rings. The van der Waals surface area contributed by atoms with Crippen molar-refractivity contribution >= 4 is 23.2 Å². The zero-order valence-electron chi connectivity index (χ0n) is 17.7. The van der Waals surface area contributed by atoms with Crippen LogP contribution in [0.1, 0.15) is 45.0 Å². The summed E-state index contributed by atoms with van der Waals surface area (Å²) in [7, 11) is 0. The minimum atomic E-state index is -0.787. The number of carbonyl (C=O) groups excluding carboxylic acids is 2. The SMILES string of the molecule is CCN(c1ccc(NC(=O)[C@@H](NC(=O)c2ccccc2F)C(C)C)cc1)C(C)C. The van der Waals surface area contributed by atoms with Crippen LogP contribution < -0.4 is 15.5 Å².